The molecule has 2 aliphatic rings. The molecule has 0 bridgehead atoms. The Morgan fingerprint density at radius 1 is 1.20 bits per heavy atom. The molecule has 1 aliphatic heterocycles. The molecule has 1 saturated heterocycles. The molecule has 2 aromatic heterocycles. The number of ether oxygens (including phenoxy) is 1. The van der Waals surface area contributed by atoms with Crippen LogP contribution in [0.4, 0.5) is 4.39 Å². The van der Waals surface area contributed by atoms with Crippen molar-refractivity contribution < 1.29 is 32.8 Å². The monoisotopic (exact) mass is 574 g/mol. The average Bonchev–Trinajstić information content (AvgIpc) is 3.55. The summed E-state index contributed by atoms with van der Waals surface area (Å²) in [6.07, 6.45) is 7.40. The Balaban J connectivity index is 1.61. The predicted molar refractivity (Wildman–Crippen MR) is 146 cm³/mol. The van der Waals surface area contributed by atoms with Crippen LogP contribution in [0, 0.1) is 5.82 Å². The van der Waals surface area contributed by atoms with Crippen molar-refractivity contribution in [2.24, 2.45) is 0 Å². The van der Waals surface area contributed by atoms with Gasteiger partial charge in [0.05, 0.1) is 23.4 Å². The lowest BCUT2D eigenvalue weighted by atomic mass is 9.85. The molecule has 5 rings (SSSR count). The summed E-state index contributed by atoms with van der Waals surface area (Å²) < 4.78 is 38.0. The van der Waals surface area contributed by atoms with Crippen LogP contribution in [0.25, 0.3) is 11.2 Å². The maximum absolute atomic E-state index is 14.5. The lowest BCUT2D eigenvalue weighted by Crippen LogP contribution is -2.52. The summed E-state index contributed by atoms with van der Waals surface area (Å²) in [7, 11) is -4.85. The molecular weight excluding hydrogens is 538 g/mol. The van der Waals surface area contributed by atoms with Crippen molar-refractivity contribution in [3.63, 3.8) is 0 Å². The number of carbonyl (C=O) groups is 1. The van der Waals surface area contributed by atoms with Gasteiger partial charge in [0.15, 0.2) is 5.65 Å². The first-order chi connectivity index (χ1) is 19.0. The number of halogens is 1. The number of imidazole rings is 1. The molecule has 3 aromatic rings. The van der Waals surface area contributed by atoms with E-state index in [1.54, 1.807) is 4.90 Å². The Morgan fingerprint density at radius 2 is 1.95 bits per heavy atom. The highest BCUT2D eigenvalue weighted by Crippen LogP contribution is 2.43. The van der Waals surface area contributed by atoms with Crippen LogP contribution in [0.5, 0.6) is 5.75 Å². The smallest absolute Gasteiger partial charge is 0.471 e. The number of nitrogens with zero attached hydrogens (tertiary/aromatic N) is 4. The highest BCUT2D eigenvalue weighted by molar-refractivity contribution is 7.46. The normalized spacial score (nSPS) is 20.5. The zero-order valence-electron chi connectivity index (χ0n) is 23.0. The SMILES string of the molecule is CC(C)Oc1ccc(C2CCCC2)c(C(=O)N2CCCC[C@@]2(C)c2nc3ncc(F)cc3n2COP(=O)(O)O)c1. The number of phosphoric ester groups is 1. The molecule has 3 heterocycles. The van der Waals surface area contributed by atoms with Gasteiger partial charge in [-0.1, -0.05) is 18.9 Å². The molecule has 40 heavy (non-hydrogen) atoms. The third-order valence-electron chi connectivity index (χ3n) is 7.97. The number of pyridine rings is 1. The molecular formula is C28H36FN4O6P. The first-order valence-corrected chi connectivity index (χ1v) is 15.3. The number of phosphoric acid groups is 1. The molecule has 0 spiro atoms. The molecule has 216 valence electrons. The van der Waals surface area contributed by atoms with E-state index in [0.717, 1.165) is 50.3 Å². The van der Waals surface area contributed by atoms with Gasteiger partial charge >= 0.3 is 7.82 Å². The van der Waals surface area contributed by atoms with Crippen LogP contribution in [0.2, 0.25) is 0 Å². The molecule has 0 unspecified atom stereocenters. The predicted octanol–water partition coefficient (Wildman–Crippen LogP) is 5.62. The molecule has 10 nitrogen and oxygen atoms in total. The lowest BCUT2D eigenvalue weighted by molar-refractivity contribution is 0.0297. The molecule has 2 fully saturated rings. The Labute approximate surface area is 232 Å². The Bertz CT molecular complexity index is 1450. The second-order valence-corrected chi connectivity index (χ2v) is 12.4. The van der Waals surface area contributed by atoms with Gasteiger partial charge in [-0.3, -0.25) is 13.9 Å². The van der Waals surface area contributed by atoms with E-state index in [1.165, 1.54) is 10.6 Å². The minimum Gasteiger partial charge on any atom is -0.491 e. The summed E-state index contributed by atoms with van der Waals surface area (Å²) in [5, 5.41) is 0. The van der Waals surface area contributed by atoms with E-state index in [4.69, 9.17) is 9.26 Å². The van der Waals surface area contributed by atoms with Crippen molar-refractivity contribution >= 4 is 24.9 Å². The van der Waals surface area contributed by atoms with Gasteiger partial charge in [-0.05, 0) is 76.5 Å². The number of carbonyl (C=O) groups excluding carboxylic acids is 1. The van der Waals surface area contributed by atoms with Crippen molar-refractivity contribution in [3.8, 4) is 5.75 Å². The van der Waals surface area contributed by atoms with Crippen molar-refractivity contribution in [3.05, 3.63) is 53.2 Å². The summed E-state index contributed by atoms with van der Waals surface area (Å²) in [5.74, 6) is 0.463. The van der Waals surface area contributed by atoms with Crippen molar-refractivity contribution in [1.82, 2.24) is 19.4 Å². The van der Waals surface area contributed by atoms with Crippen LogP contribution in [0.1, 0.15) is 93.4 Å². The lowest BCUT2D eigenvalue weighted by Gasteiger charge is -2.44. The maximum Gasteiger partial charge on any atom is 0.471 e. The van der Waals surface area contributed by atoms with Gasteiger partial charge in [-0.2, -0.15) is 0 Å². The first-order valence-electron chi connectivity index (χ1n) is 13.8. The number of fused-ring (bicyclic) bond motifs is 1. The third kappa shape index (κ3) is 5.79. The van der Waals surface area contributed by atoms with Crippen LogP contribution in [-0.2, 0) is 21.4 Å². The van der Waals surface area contributed by atoms with E-state index in [0.29, 0.717) is 30.1 Å². The standard InChI is InChI=1S/C28H36FN4O6P/c1-18(2)39-21-10-11-22(19-8-4-5-9-19)23(15-21)26(34)33-13-7-6-12-28(33,3)27-31-25-24(14-20(29)16-30-25)32(27)17-38-40(35,36)37/h10-11,14-16,18-19H,4-9,12-13,17H2,1-3H3,(H2,35,36,37)/t28-/m0/s1. The van der Waals surface area contributed by atoms with Gasteiger partial charge < -0.3 is 19.4 Å². The summed E-state index contributed by atoms with van der Waals surface area (Å²) in [6, 6.07) is 6.98. The fourth-order valence-electron chi connectivity index (χ4n) is 6.14. The highest BCUT2D eigenvalue weighted by Gasteiger charge is 2.44. The first kappa shape index (κ1) is 28.7. The second-order valence-electron chi connectivity index (χ2n) is 11.2. The van der Waals surface area contributed by atoms with E-state index in [-0.39, 0.29) is 29.1 Å². The average molecular weight is 575 g/mol. The molecule has 1 aromatic carbocycles. The largest absolute Gasteiger partial charge is 0.491 e. The molecule has 1 atom stereocenters. The van der Waals surface area contributed by atoms with E-state index in [9.17, 15) is 23.5 Å². The second kappa shape index (κ2) is 11.2. The Kier molecular flexibility index (Phi) is 8.03. The number of aromatic nitrogens is 3. The fourth-order valence-corrected chi connectivity index (χ4v) is 6.40. The maximum atomic E-state index is 14.5. The Morgan fingerprint density at radius 3 is 2.65 bits per heavy atom. The van der Waals surface area contributed by atoms with Gasteiger partial charge in [0.25, 0.3) is 5.91 Å². The van der Waals surface area contributed by atoms with Crippen molar-refractivity contribution in [2.45, 2.75) is 90.0 Å². The fraction of sp³-hybridized carbons (Fsp3) is 0.536. The minimum absolute atomic E-state index is 0.0534. The van der Waals surface area contributed by atoms with Crippen LogP contribution in [-0.4, -0.2) is 47.8 Å². The zero-order chi connectivity index (χ0) is 28.7. The van der Waals surface area contributed by atoms with Gasteiger partial charge in [0, 0.05) is 18.2 Å². The molecule has 1 saturated carbocycles. The number of hydrogen-bond donors (Lipinski definition) is 2. The van der Waals surface area contributed by atoms with Crippen molar-refractivity contribution in [1.29, 1.82) is 0 Å². The van der Waals surface area contributed by atoms with E-state index in [1.807, 2.05) is 39.0 Å². The zero-order valence-corrected chi connectivity index (χ0v) is 23.9. The van der Waals surface area contributed by atoms with Crippen LogP contribution in [0.15, 0.2) is 30.5 Å². The number of likely N-dealkylation sites (tertiary alicyclic amines) is 1. The van der Waals surface area contributed by atoms with Crippen LogP contribution in [0.3, 0.4) is 0 Å². The quantitative estimate of drug-likeness (QED) is 0.332. The minimum atomic E-state index is -4.85. The van der Waals surface area contributed by atoms with Gasteiger partial charge in [0.2, 0.25) is 0 Å². The van der Waals surface area contributed by atoms with Crippen LogP contribution >= 0.6 is 7.82 Å². The topological polar surface area (TPSA) is 127 Å². The third-order valence-corrected chi connectivity index (χ3v) is 8.42. The van der Waals surface area contributed by atoms with Crippen molar-refractivity contribution in [2.75, 3.05) is 6.54 Å². The highest BCUT2D eigenvalue weighted by atomic mass is 31.2. The number of rotatable bonds is 8. The molecule has 2 N–H and O–H groups in total. The van der Waals surface area contributed by atoms with E-state index < -0.39 is 25.9 Å². The summed E-state index contributed by atoms with van der Waals surface area (Å²) >= 11 is 0. The van der Waals surface area contributed by atoms with Gasteiger partial charge in [-0.25, -0.2) is 18.9 Å². The summed E-state index contributed by atoms with van der Waals surface area (Å²) in [5.41, 5.74) is 1.04. The number of benzene rings is 1. The Hall–Kier alpha value is -2.85. The number of piperidine rings is 1. The molecule has 1 aliphatic carbocycles. The molecule has 1 amide bonds. The van der Waals surface area contributed by atoms with Crippen LogP contribution < -0.4 is 4.74 Å². The van der Waals surface area contributed by atoms with Gasteiger partial charge in [0.1, 0.15) is 24.1 Å². The summed E-state index contributed by atoms with van der Waals surface area (Å²) in [4.78, 5) is 43.9. The number of hydrogen-bond acceptors (Lipinski definition) is 6. The van der Waals surface area contributed by atoms with E-state index in [2.05, 4.69) is 9.97 Å². The molecule has 12 heteroatoms. The number of amides is 1. The summed E-state index contributed by atoms with van der Waals surface area (Å²) in [6.45, 7) is 5.65. The van der Waals surface area contributed by atoms with E-state index >= 15 is 0 Å². The molecule has 0 radical (unpaired) electrons. The van der Waals surface area contributed by atoms with Gasteiger partial charge in [-0.15, -0.1) is 0 Å².